The summed E-state index contributed by atoms with van der Waals surface area (Å²) in [7, 11) is 0. The summed E-state index contributed by atoms with van der Waals surface area (Å²) in [6.07, 6.45) is 3.24. The molecule has 6 heteroatoms. The zero-order chi connectivity index (χ0) is 13.0. The Bertz CT molecular complexity index is 501. The molecule has 0 spiro atoms. The van der Waals surface area contributed by atoms with Gasteiger partial charge in [-0.15, -0.1) is 0 Å². The van der Waals surface area contributed by atoms with Crippen molar-refractivity contribution in [2.75, 3.05) is 0 Å². The van der Waals surface area contributed by atoms with Gasteiger partial charge >= 0.3 is 0 Å². The Balaban J connectivity index is 2.26. The molecule has 0 radical (unpaired) electrons. The predicted molar refractivity (Wildman–Crippen MR) is 73.9 cm³/mol. The number of aromatic amines is 1. The molecule has 1 aromatic carbocycles. The zero-order valence-electron chi connectivity index (χ0n) is 10.1. The van der Waals surface area contributed by atoms with E-state index in [0.717, 1.165) is 33.5 Å². The van der Waals surface area contributed by atoms with Gasteiger partial charge in [-0.1, -0.05) is 30.7 Å². The topological polar surface area (TPSA) is 67.6 Å². The molecule has 0 bridgehead atoms. The van der Waals surface area contributed by atoms with Crippen molar-refractivity contribution >= 4 is 23.4 Å². The van der Waals surface area contributed by atoms with Crippen LogP contribution in [0.25, 0.3) is 0 Å². The third kappa shape index (κ3) is 3.25. The second kappa shape index (κ2) is 6.22. The smallest absolute Gasteiger partial charge is 0.188 e. The number of nitrogens with zero attached hydrogens (tertiary/aromatic N) is 2. The van der Waals surface area contributed by atoms with E-state index in [-0.39, 0.29) is 6.04 Å². The summed E-state index contributed by atoms with van der Waals surface area (Å²) in [5.41, 5.74) is 7.16. The minimum atomic E-state index is 0.151. The van der Waals surface area contributed by atoms with Crippen LogP contribution in [-0.4, -0.2) is 21.2 Å². The number of H-pyrrole nitrogens is 1. The van der Waals surface area contributed by atoms with Crippen LogP contribution in [0.4, 0.5) is 0 Å². The molecule has 3 N–H and O–H groups in total. The Kier molecular flexibility index (Phi) is 4.63. The van der Waals surface area contributed by atoms with Gasteiger partial charge < -0.3 is 5.73 Å². The van der Waals surface area contributed by atoms with Crippen LogP contribution in [0.3, 0.4) is 0 Å². The quantitative estimate of drug-likeness (QED) is 0.885. The second-order valence-electron chi connectivity index (χ2n) is 3.99. The summed E-state index contributed by atoms with van der Waals surface area (Å²) in [5.74, 6) is 0. The molecule has 4 nitrogen and oxygen atoms in total. The molecule has 0 aliphatic carbocycles. The summed E-state index contributed by atoms with van der Waals surface area (Å²) in [4.78, 5) is 5.10. The van der Waals surface area contributed by atoms with Crippen molar-refractivity contribution in [2.45, 2.75) is 35.9 Å². The first-order valence-electron chi connectivity index (χ1n) is 5.77. The number of nitrogens with one attached hydrogen (secondary N) is 1. The van der Waals surface area contributed by atoms with E-state index in [9.17, 15) is 0 Å². The number of hydrogen-bond donors (Lipinski definition) is 2. The Hall–Kier alpha value is -1.04. The second-order valence-corrected chi connectivity index (χ2v) is 5.40. The summed E-state index contributed by atoms with van der Waals surface area (Å²) >= 11 is 7.73. The van der Waals surface area contributed by atoms with Crippen molar-refractivity contribution in [1.29, 1.82) is 0 Å². The van der Waals surface area contributed by atoms with Crippen molar-refractivity contribution in [2.24, 2.45) is 5.73 Å². The third-order valence-corrected chi connectivity index (χ3v) is 4.15. The van der Waals surface area contributed by atoms with Crippen molar-refractivity contribution in [3.63, 3.8) is 0 Å². The highest BCUT2D eigenvalue weighted by atomic mass is 35.5. The fraction of sp³-hybridized carbons (Fsp3) is 0.333. The lowest BCUT2D eigenvalue weighted by Gasteiger charge is -2.13. The fourth-order valence-corrected chi connectivity index (χ4v) is 2.74. The van der Waals surface area contributed by atoms with Crippen LogP contribution >= 0.6 is 23.4 Å². The maximum Gasteiger partial charge on any atom is 0.188 e. The molecule has 0 saturated carbocycles. The fourth-order valence-electron chi connectivity index (χ4n) is 1.60. The minimum Gasteiger partial charge on any atom is -0.327 e. The molecule has 1 atom stereocenters. The first-order chi connectivity index (χ1) is 8.70. The zero-order valence-corrected chi connectivity index (χ0v) is 11.6. The van der Waals surface area contributed by atoms with Crippen LogP contribution in [0, 0.1) is 0 Å². The maximum absolute atomic E-state index is 6.25. The van der Waals surface area contributed by atoms with Gasteiger partial charge in [0.25, 0.3) is 0 Å². The van der Waals surface area contributed by atoms with Crippen LogP contribution in [0.15, 0.2) is 34.6 Å². The highest BCUT2D eigenvalue weighted by molar-refractivity contribution is 7.99. The number of halogens is 1. The predicted octanol–water partition coefficient (Wildman–Crippen LogP) is 2.89. The Morgan fingerprint density at radius 3 is 3.00 bits per heavy atom. The summed E-state index contributed by atoms with van der Waals surface area (Å²) < 4.78 is 0. The molecule has 2 rings (SSSR count). The molecule has 1 heterocycles. The van der Waals surface area contributed by atoms with Crippen molar-refractivity contribution in [1.82, 2.24) is 15.2 Å². The largest absolute Gasteiger partial charge is 0.327 e. The number of aromatic nitrogens is 3. The molecule has 1 unspecified atom stereocenters. The number of nitrogens with two attached hydrogens (primary N) is 1. The van der Waals surface area contributed by atoms with Crippen molar-refractivity contribution in [3.8, 4) is 0 Å². The third-order valence-electron chi connectivity index (χ3n) is 2.65. The average Bonchev–Trinajstić information content (AvgIpc) is 2.86. The molecule has 0 fully saturated rings. The Labute approximate surface area is 115 Å². The van der Waals surface area contributed by atoms with Gasteiger partial charge in [-0.05, 0) is 36.2 Å². The first kappa shape index (κ1) is 13.4. The van der Waals surface area contributed by atoms with Gasteiger partial charge in [-0.3, -0.25) is 5.10 Å². The lowest BCUT2D eigenvalue weighted by atomic mass is 10.0. The molecule has 96 valence electrons. The van der Waals surface area contributed by atoms with E-state index in [1.165, 1.54) is 18.1 Å². The van der Waals surface area contributed by atoms with Crippen molar-refractivity contribution in [3.05, 3.63) is 35.1 Å². The van der Waals surface area contributed by atoms with Gasteiger partial charge in [0, 0.05) is 10.9 Å². The lowest BCUT2D eigenvalue weighted by Crippen LogP contribution is -2.21. The highest BCUT2D eigenvalue weighted by Crippen LogP contribution is 2.34. The van der Waals surface area contributed by atoms with Crippen LogP contribution in [0.2, 0.25) is 5.02 Å². The molecule has 0 aliphatic rings. The number of rotatable bonds is 5. The SMILES string of the molecule is CCC(N)Cc1cccc(Cl)c1Sc1ncn[nH]1. The molecule has 2 aromatic rings. The standard InChI is InChI=1S/C12H15ClN4S/c1-2-9(14)6-8-4-3-5-10(13)11(8)18-12-15-7-16-17-12/h3-5,7,9H,2,6,14H2,1H3,(H,15,16,17). The molecule has 1 aromatic heterocycles. The van der Waals surface area contributed by atoms with E-state index < -0.39 is 0 Å². The van der Waals surface area contributed by atoms with Gasteiger partial charge in [0.1, 0.15) is 6.33 Å². The molecule has 0 aliphatic heterocycles. The van der Waals surface area contributed by atoms with E-state index in [1.54, 1.807) is 0 Å². The normalized spacial score (nSPS) is 12.6. The van der Waals surface area contributed by atoms with Gasteiger partial charge in [-0.25, -0.2) is 4.98 Å². The average molecular weight is 283 g/mol. The van der Waals surface area contributed by atoms with Crippen LogP contribution < -0.4 is 5.73 Å². The molecule has 18 heavy (non-hydrogen) atoms. The minimum absolute atomic E-state index is 0.151. The van der Waals surface area contributed by atoms with Crippen LogP contribution in [0.5, 0.6) is 0 Å². The molecule has 0 saturated heterocycles. The van der Waals surface area contributed by atoms with E-state index in [1.807, 2.05) is 12.1 Å². The van der Waals surface area contributed by atoms with Crippen molar-refractivity contribution < 1.29 is 0 Å². The van der Waals surface area contributed by atoms with Gasteiger partial charge in [0.2, 0.25) is 0 Å². The number of hydrogen-bond acceptors (Lipinski definition) is 4. The Morgan fingerprint density at radius 1 is 1.50 bits per heavy atom. The molecular weight excluding hydrogens is 268 g/mol. The summed E-state index contributed by atoms with van der Waals surface area (Å²) in [5, 5.41) is 8.10. The van der Waals surface area contributed by atoms with Gasteiger partial charge in [0.05, 0.1) is 5.02 Å². The van der Waals surface area contributed by atoms with Crippen LogP contribution in [0.1, 0.15) is 18.9 Å². The summed E-state index contributed by atoms with van der Waals surface area (Å²) in [6.45, 7) is 2.08. The monoisotopic (exact) mass is 282 g/mol. The number of benzene rings is 1. The van der Waals surface area contributed by atoms with E-state index in [0.29, 0.717) is 0 Å². The van der Waals surface area contributed by atoms with Crippen LogP contribution in [-0.2, 0) is 6.42 Å². The van der Waals surface area contributed by atoms with E-state index in [4.69, 9.17) is 17.3 Å². The molecule has 0 amide bonds. The maximum atomic E-state index is 6.25. The highest BCUT2D eigenvalue weighted by Gasteiger charge is 2.12. The van der Waals surface area contributed by atoms with E-state index in [2.05, 4.69) is 28.2 Å². The first-order valence-corrected chi connectivity index (χ1v) is 6.96. The van der Waals surface area contributed by atoms with Gasteiger partial charge in [0.15, 0.2) is 5.16 Å². The lowest BCUT2D eigenvalue weighted by molar-refractivity contribution is 0.641. The van der Waals surface area contributed by atoms with E-state index >= 15 is 0 Å². The van der Waals surface area contributed by atoms with Gasteiger partial charge in [-0.2, -0.15) is 5.10 Å². The Morgan fingerprint density at radius 2 is 2.33 bits per heavy atom. The summed E-state index contributed by atoms with van der Waals surface area (Å²) in [6, 6.07) is 6.03. The molecular formula is C12H15ClN4S.